The number of benzene rings is 4. The molecule has 8 nitrogen and oxygen atoms in total. The quantitative estimate of drug-likeness (QED) is 0.166. The summed E-state index contributed by atoms with van der Waals surface area (Å²) in [7, 11) is -12.4. The summed E-state index contributed by atoms with van der Waals surface area (Å²) >= 11 is 0. The molecule has 0 aliphatic carbocycles. The van der Waals surface area contributed by atoms with E-state index < -0.39 is 69.2 Å². The molecule has 1 amide bonds. The number of carbonyl (C=O) groups excluding carboxylic acids is 1. The van der Waals surface area contributed by atoms with E-state index in [1.807, 2.05) is 18.2 Å². The Kier molecular flexibility index (Phi) is 11.4. The first-order valence-electron chi connectivity index (χ1n) is 14.6. The summed E-state index contributed by atoms with van der Waals surface area (Å²) in [6.45, 7) is 3.78. The molecule has 0 radical (unpaired) electrons. The molecular weight excluding hydrogens is 643 g/mol. The highest BCUT2D eigenvalue weighted by atomic mass is 32.2. The van der Waals surface area contributed by atoms with E-state index in [0.717, 1.165) is 11.6 Å². The van der Waals surface area contributed by atoms with Crippen molar-refractivity contribution in [3.63, 3.8) is 0 Å². The summed E-state index contributed by atoms with van der Waals surface area (Å²) in [4.78, 5) is 12.0. The fraction of sp³-hybridized carbons (Fsp3) is 0.229. The van der Waals surface area contributed by atoms with Crippen molar-refractivity contribution in [3.05, 3.63) is 151 Å². The van der Waals surface area contributed by atoms with Crippen molar-refractivity contribution >= 4 is 35.4 Å². The zero-order valence-electron chi connectivity index (χ0n) is 25.2. The first-order valence-corrected chi connectivity index (χ1v) is 19.8. The van der Waals surface area contributed by atoms with E-state index in [-0.39, 0.29) is 17.7 Å². The lowest BCUT2D eigenvalue weighted by Crippen LogP contribution is -2.56. The Morgan fingerprint density at radius 1 is 0.630 bits per heavy atom. The maximum Gasteiger partial charge on any atom is 0.226 e. The molecule has 0 fully saturated rings. The molecule has 0 saturated carbocycles. The van der Waals surface area contributed by atoms with Crippen LogP contribution in [0.4, 0.5) is 0 Å². The molecule has 242 valence electrons. The highest BCUT2D eigenvalue weighted by Crippen LogP contribution is 2.30. The van der Waals surface area contributed by atoms with Gasteiger partial charge in [-0.15, -0.1) is 0 Å². The number of sulfone groups is 3. The lowest BCUT2D eigenvalue weighted by molar-refractivity contribution is -0.124. The van der Waals surface area contributed by atoms with Crippen molar-refractivity contribution in [2.24, 2.45) is 5.92 Å². The Balaban J connectivity index is 1.72. The summed E-state index contributed by atoms with van der Waals surface area (Å²) in [5.74, 6) is -5.07. The number of aryl methyl sites for hydroxylation is 1. The van der Waals surface area contributed by atoms with Crippen LogP contribution in [0, 0.1) is 5.92 Å². The van der Waals surface area contributed by atoms with Gasteiger partial charge in [0.25, 0.3) is 0 Å². The third kappa shape index (κ3) is 9.24. The van der Waals surface area contributed by atoms with Crippen LogP contribution in [-0.2, 0) is 52.2 Å². The molecule has 1 unspecified atom stereocenters. The number of carbonyl (C=O) groups is 1. The van der Waals surface area contributed by atoms with Gasteiger partial charge < -0.3 is 5.32 Å². The third-order valence-corrected chi connectivity index (χ3v) is 13.3. The molecule has 4 aromatic carbocycles. The molecule has 0 spiro atoms. The van der Waals surface area contributed by atoms with Crippen LogP contribution >= 0.6 is 0 Å². The van der Waals surface area contributed by atoms with Crippen molar-refractivity contribution in [1.29, 1.82) is 0 Å². The van der Waals surface area contributed by atoms with Crippen LogP contribution in [0.3, 0.4) is 0 Å². The Bertz CT molecular complexity index is 1860. The predicted molar refractivity (Wildman–Crippen MR) is 181 cm³/mol. The summed E-state index contributed by atoms with van der Waals surface area (Å²) in [5.41, 5.74) is 1.76. The molecule has 1 atom stereocenters. The minimum Gasteiger partial charge on any atom is -0.333 e. The van der Waals surface area contributed by atoms with E-state index in [1.54, 1.807) is 91.0 Å². The van der Waals surface area contributed by atoms with Crippen LogP contribution < -0.4 is 5.32 Å². The molecule has 0 saturated heterocycles. The van der Waals surface area contributed by atoms with E-state index in [2.05, 4.69) is 11.9 Å². The fourth-order valence-corrected chi connectivity index (χ4v) is 10.5. The summed E-state index contributed by atoms with van der Waals surface area (Å²) in [6.07, 6.45) is 1.22. The molecule has 1 N–H and O–H groups in total. The normalized spacial score (nSPS) is 13.5. The molecule has 0 aliphatic rings. The molecular formula is C35H37NO7S3. The smallest absolute Gasteiger partial charge is 0.226 e. The largest absolute Gasteiger partial charge is 0.333 e. The van der Waals surface area contributed by atoms with Gasteiger partial charge in [-0.2, -0.15) is 0 Å². The number of rotatable bonds is 16. The minimum absolute atomic E-state index is 0.0757. The maximum atomic E-state index is 14.2. The molecule has 11 heteroatoms. The Morgan fingerprint density at radius 3 is 1.43 bits per heavy atom. The molecule has 0 heterocycles. The Morgan fingerprint density at radius 2 is 1.02 bits per heavy atom. The summed E-state index contributed by atoms with van der Waals surface area (Å²) < 4.78 is 82.0. The lowest BCUT2D eigenvalue weighted by atomic mass is 10.0. The van der Waals surface area contributed by atoms with Crippen LogP contribution in [0.2, 0.25) is 0 Å². The number of hydrogen-bond donors (Lipinski definition) is 1. The maximum absolute atomic E-state index is 14.2. The van der Waals surface area contributed by atoms with Gasteiger partial charge in [0.05, 0.1) is 33.8 Å². The molecule has 4 aromatic rings. The minimum atomic E-state index is -4.34. The van der Waals surface area contributed by atoms with Gasteiger partial charge in [-0.05, 0) is 41.7 Å². The van der Waals surface area contributed by atoms with Gasteiger partial charge in [-0.1, -0.05) is 122 Å². The molecule has 0 bridgehead atoms. The van der Waals surface area contributed by atoms with Crippen LogP contribution in [0.25, 0.3) is 0 Å². The lowest BCUT2D eigenvalue weighted by Gasteiger charge is -2.33. The standard InChI is InChI=1S/C35H37NO7S3/c1-2-35(24-23-29-15-7-3-8-16-29,46(42,43)33-21-13-6-14-22-33)36-34(37)32(27-44(38,39)25-30-17-9-4-10-18-30)28-45(40,41)26-31-19-11-5-12-20-31/h2-22,32H,1,23-28H2,(H,36,37). The van der Waals surface area contributed by atoms with E-state index in [4.69, 9.17) is 0 Å². The Labute approximate surface area is 272 Å². The van der Waals surface area contributed by atoms with Crippen LogP contribution in [0.5, 0.6) is 0 Å². The number of hydrogen-bond acceptors (Lipinski definition) is 7. The zero-order valence-corrected chi connectivity index (χ0v) is 27.7. The van der Waals surface area contributed by atoms with Gasteiger partial charge in [-0.25, -0.2) is 25.3 Å². The second kappa shape index (κ2) is 15.0. The predicted octanol–water partition coefficient (Wildman–Crippen LogP) is 4.94. The first kappa shape index (κ1) is 34.8. The van der Waals surface area contributed by atoms with Gasteiger partial charge in [0.2, 0.25) is 15.7 Å². The van der Waals surface area contributed by atoms with Gasteiger partial charge in [0.1, 0.15) is 0 Å². The van der Waals surface area contributed by atoms with Crippen LogP contribution in [0.1, 0.15) is 23.1 Å². The number of nitrogens with one attached hydrogen (secondary N) is 1. The fourth-order valence-electron chi connectivity index (χ4n) is 5.21. The van der Waals surface area contributed by atoms with Crippen LogP contribution in [-0.4, -0.2) is 47.5 Å². The second-order valence-electron chi connectivity index (χ2n) is 11.2. The second-order valence-corrected chi connectivity index (χ2v) is 17.6. The van der Waals surface area contributed by atoms with E-state index in [1.165, 1.54) is 12.1 Å². The van der Waals surface area contributed by atoms with Crippen molar-refractivity contribution in [1.82, 2.24) is 5.32 Å². The molecule has 4 rings (SSSR count). The topological polar surface area (TPSA) is 132 Å². The number of amides is 1. The van der Waals surface area contributed by atoms with Gasteiger partial charge >= 0.3 is 0 Å². The molecule has 46 heavy (non-hydrogen) atoms. The van der Waals surface area contributed by atoms with Gasteiger partial charge in [0.15, 0.2) is 24.5 Å². The van der Waals surface area contributed by atoms with Crippen LogP contribution in [0.15, 0.2) is 139 Å². The first-order chi connectivity index (χ1) is 21.8. The van der Waals surface area contributed by atoms with Crippen molar-refractivity contribution in [2.45, 2.75) is 34.1 Å². The van der Waals surface area contributed by atoms with Gasteiger partial charge in [0, 0.05) is 0 Å². The van der Waals surface area contributed by atoms with Crippen molar-refractivity contribution in [3.8, 4) is 0 Å². The highest BCUT2D eigenvalue weighted by molar-refractivity contribution is 7.93. The van der Waals surface area contributed by atoms with E-state index in [0.29, 0.717) is 11.1 Å². The van der Waals surface area contributed by atoms with Gasteiger partial charge in [-0.3, -0.25) is 4.79 Å². The summed E-state index contributed by atoms with van der Waals surface area (Å²) in [5, 5.41) is 2.59. The highest BCUT2D eigenvalue weighted by Gasteiger charge is 2.45. The average Bonchev–Trinajstić information content (AvgIpc) is 3.03. The van der Waals surface area contributed by atoms with E-state index in [9.17, 15) is 30.0 Å². The summed E-state index contributed by atoms with van der Waals surface area (Å²) in [6, 6.07) is 33.3. The monoisotopic (exact) mass is 679 g/mol. The van der Waals surface area contributed by atoms with Crippen molar-refractivity contribution < 1.29 is 30.0 Å². The SMILES string of the molecule is C=CC(CCc1ccccc1)(NC(=O)C(CS(=O)(=O)Cc1ccccc1)CS(=O)(=O)Cc1ccccc1)S(=O)(=O)c1ccccc1. The molecule has 0 aliphatic heterocycles. The van der Waals surface area contributed by atoms with E-state index >= 15 is 0 Å². The zero-order chi connectivity index (χ0) is 33.3. The average molecular weight is 680 g/mol. The third-order valence-electron chi connectivity index (χ3n) is 7.57. The Hall–Kier alpha value is -4.06. The van der Waals surface area contributed by atoms with Crippen molar-refractivity contribution in [2.75, 3.05) is 11.5 Å². The molecule has 0 aromatic heterocycles.